The van der Waals surface area contributed by atoms with Crippen molar-refractivity contribution in [2.45, 2.75) is 103 Å². The third kappa shape index (κ3) is 5.81. The van der Waals surface area contributed by atoms with Crippen molar-refractivity contribution in [1.29, 1.82) is 0 Å². The smallest absolute Gasteiger partial charge is 0.433 e. The number of alkyl halides is 3. The van der Waals surface area contributed by atoms with E-state index in [2.05, 4.69) is 18.9 Å². The fraction of sp³-hybridized carbons (Fsp3) is 0.613. The molecule has 1 aromatic carbocycles. The van der Waals surface area contributed by atoms with Crippen LogP contribution >= 0.6 is 23.2 Å². The lowest BCUT2D eigenvalue weighted by Gasteiger charge is -2.51. The van der Waals surface area contributed by atoms with Crippen molar-refractivity contribution in [1.82, 2.24) is 14.7 Å². The lowest BCUT2D eigenvalue weighted by Crippen LogP contribution is -2.52. The van der Waals surface area contributed by atoms with Gasteiger partial charge in [-0.25, -0.2) is 0 Å². The predicted octanol–water partition coefficient (Wildman–Crippen LogP) is 7.95. The van der Waals surface area contributed by atoms with Crippen molar-refractivity contribution in [3.8, 4) is 0 Å². The Balaban J connectivity index is 1.53. The number of fused-ring (bicyclic) bond motifs is 3. The van der Waals surface area contributed by atoms with Gasteiger partial charge in [-0.15, -0.1) is 0 Å². The molecule has 4 saturated carbocycles. The summed E-state index contributed by atoms with van der Waals surface area (Å²) in [5.41, 5.74) is -2.94. The van der Waals surface area contributed by atoms with Crippen LogP contribution in [0.3, 0.4) is 0 Å². The third-order valence-electron chi connectivity index (χ3n) is 10.2. The van der Waals surface area contributed by atoms with E-state index in [0.717, 1.165) is 29.3 Å². The zero-order chi connectivity index (χ0) is 31.5. The summed E-state index contributed by atoms with van der Waals surface area (Å²) in [6.45, 7) is 5.48. The summed E-state index contributed by atoms with van der Waals surface area (Å²) >= 11 is 12.7. The van der Waals surface area contributed by atoms with Gasteiger partial charge in [0.15, 0.2) is 11.5 Å². The van der Waals surface area contributed by atoms with Crippen LogP contribution in [0.1, 0.15) is 110 Å². The van der Waals surface area contributed by atoms with Gasteiger partial charge >= 0.3 is 12.1 Å². The molecule has 0 saturated heterocycles. The van der Waals surface area contributed by atoms with Crippen LogP contribution in [0.2, 0.25) is 10.0 Å². The van der Waals surface area contributed by atoms with Gasteiger partial charge in [0.05, 0.1) is 44.9 Å². The zero-order valence-corrected chi connectivity index (χ0v) is 26.0. The first-order valence-electron chi connectivity index (χ1n) is 14.7. The van der Waals surface area contributed by atoms with Crippen molar-refractivity contribution in [2.75, 3.05) is 6.54 Å². The van der Waals surface area contributed by atoms with Gasteiger partial charge in [0.2, 0.25) is 0 Å². The van der Waals surface area contributed by atoms with Crippen molar-refractivity contribution >= 4 is 40.9 Å². The number of nitrogens with zero attached hydrogens (tertiary/aromatic N) is 3. The number of carboxylic acids is 1. The van der Waals surface area contributed by atoms with E-state index in [4.69, 9.17) is 23.2 Å². The number of hydrogen-bond acceptors (Lipinski definition) is 4. The second-order valence-electron chi connectivity index (χ2n) is 13.5. The SMILES string of the molecule is Cc1cc(Cl)c(C(=O)CN(C(=O)c2cnn(C34CCC(C(=O)O)(CC3)CC4)c2C(F)(F)F)C2CCC(C)(C)CC2)c(Cl)c1. The molecule has 1 amide bonds. The summed E-state index contributed by atoms with van der Waals surface area (Å²) in [6, 6.07) is 2.69. The van der Waals surface area contributed by atoms with Gasteiger partial charge in [0.1, 0.15) is 0 Å². The number of hydrogen-bond donors (Lipinski definition) is 1. The highest BCUT2D eigenvalue weighted by Gasteiger charge is 2.56. The molecule has 43 heavy (non-hydrogen) atoms. The molecule has 1 heterocycles. The lowest BCUT2D eigenvalue weighted by molar-refractivity contribution is -0.163. The highest BCUT2D eigenvalue weighted by molar-refractivity contribution is 6.40. The maximum atomic E-state index is 14.8. The Kier molecular flexibility index (Phi) is 8.21. The third-order valence-corrected chi connectivity index (χ3v) is 10.8. The number of halogens is 5. The van der Waals surface area contributed by atoms with Crippen LogP contribution in [0.4, 0.5) is 13.2 Å². The highest BCUT2D eigenvalue weighted by Crippen LogP contribution is 2.57. The molecular weight excluding hydrogens is 606 g/mol. The molecule has 7 nitrogen and oxygen atoms in total. The highest BCUT2D eigenvalue weighted by atomic mass is 35.5. The Morgan fingerprint density at radius 2 is 1.53 bits per heavy atom. The second-order valence-corrected chi connectivity index (χ2v) is 14.3. The number of Topliss-reactive ketones (excluding diaryl/α,β-unsaturated/α-hetero) is 1. The molecule has 0 atom stereocenters. The number of aromatic nitrogens is 2. The number of carbonyl (C=O) groups is 3. The average molecular weight is 643 g/mol. The van der Waals surface area contributed by atoms with E-state index in [0.29, 0.717) is 12.8 Å². The van der Waals surface area contributed by atoms with Crippen LogP contribution < -0.4 is 0 Å². The number of rotatable bonds is 7. The first kappa shape index (κ1) is 31.8. The molecule has 4 aliphatic carbocycles. The van der Waals surface area contributed by atoms with Gasteiger partial charge in [0, 0.05) is 6.04 Å². The van der Waals surface area contributed by atoms with Gasteiger partial charge < -0.3 is 10.0 Å². The standard InChI is InChI=1S/C31H36Cl2F3N3O4/c1-18-14-21(32)24(22(33)15-18)23(40)17-38(19-4-6-28(2,3)7-5-19)26(41)20-16-37-39(25(20)31(34,35)36)30-11-8-29(9-12-30,10-13-30)27(42)43/h14-16,19H,4-13,17H2,1-3H3,(H,42,43). The van der Waals surface area contributed by atoms with Crippen LogP contribution in [-0.2, 0) is 16.5 Å². The molecule has 1 aromatic heterocycles. The van der Waals surface area contributed by atoms with Gasteiger partial charge in [0.25, 0.3) is 5.91 Å². The molecule has 0 radical (unpaired) electrons. The minimum atomic E-state index is -4.91. The van der Waals surface area contributed by atoms with Crippen LogP contribution in [0.5, 0.6) is 0 Å². The molecule has 0 spiro atoms. The van der Waals surface area contributed by atoms with Crippen LogP contribution in [-0.4, -0.2) is 50.0 Å². The number of amides is 1. The molecule has 2 bridgehead atoms. The lowest BCUT2D eigenvalue weighted by atomic mass is 9.57. The molecular formula is C31H36Cl2F3N3O4. The van der Waals surface area contributed by atoms with Crippen molar-refractivity contribution < 1.29 is 32.7 Å². The van der Waals surface area contributed by atoms with Gasteiger partial charge in [-0.1, -0.05) is 37.0 Å². The van der Waals surface area contributed by atoms with E-state index in [9.17, 15) is 32.7 Å². The summed E-state index contributed by atoms with van der Waals surface area (Å²) in [5.74, 6) is -2.39. The van der Waals surface area contributed by atoms with E-state index in [1.54, 1.807) is 19.1 Å². The number of ketones is 1. The first-order chi connectivity index (χ1) is 20.0. The minimum Gasteiger partial charge on any atom is -0.481 e. The monoisotopic (exact) mass is 641 g/mol. The summed E-state index contributed by atoms with van der Waals surface area (Å²) in [7, 11) is 0. The van der Waals surface area contributed by atoms with Crippen LogP contribution in [0.25, 0.3) is 0 Å². The molecule has 2 aromatic rings. The maximum Gasteiger partial charge on any atom is 0.433 e. The fourth-order valence-corrected chi connectivity index (χ4v) is 8.17. The van der Waals surface area contributed by atoms with Crippen molar-refractivity contribution in [3.05, 3.63) is 50.8 Å². The number of carbonyl (C=O) groups excluding carboxylic acids is 2. The summed E-state index contributed by atoms with van der Waals surface area (Å²) in [5, 5.41) is 14.1. The molecule has 4 fully saturated rings. The van der Waals surface area contributed by atoms with E-state index in [1.165, 1.54) is 4.90 Å². The molecule has 234 valence electrons. The minimum absolute atomic E-state index is 0.00705. The Bertz CT molecular complexity index is 1410. The second kappa shape index (κ2) is 11.1. The molecule has 0 unspecified atom stereocenters. The summed E-state index contributed by atoms with van der Waals surface area (Å²) < 4.78 is 45.4. The summed E-state index contributed by atoms with van der Waals surface area (Å²) in [6.07, 6.45) is -0.00428. The quantitative estimate of drug-likeness (QED) is 0.310. The number of aryl methyl sites for hydroxylation is 1. The number of benzene rings is 1. The molecule has 6 rings (SSSR count). The Morgan fingerprint density at radius 1 is 1.00 bits per heavy atom. The largest absolute Gasteiger partial charge is 0.481 e. The zero-order valence-electron chi connectivity index (χ0n) is 24.5. The number of aliphatic carboxylic acids is 1. The molecule has 12 heteroatoms. The van der Waals surface area contributed by atoms with Crippen LogP contribution in [0.15, 0.2) is 18.3 Å². The first-order valence-corrected chi connectivity index (χ1v) is 15.4. The Hall–Kier alpha value is -2.59. The van der Waals surface area contributed by atoms with E-state index in [-0.39, 0.29) is 59.5 Å². The van der Waals surface area contributed by atoms with Crippen molar-refractivity contribution in [2.24, 2.45) is 10.8 Å². The summed E-state index contributed by atoms with van der Waals surface area (Å²) in [4.78, 5) is 40.9. The van der Waals surface area contributed by atoms with E-state index >= 15 is 0 Å². The normalized spacial score (nSPS) is 25.5. The van der Waals surface area contributed by atoms with Gasteiger partial charge in [-0.05, 0) is 94.2 Å². The molecule has 0 aliphatic heterocycles. The van der Waals surface area contributed by atoms with E-state index < -0.39 is 58.6 Å². The fourth-order valence-electron chi connectivity index (χ4n) is 7.36. The van der Waals surface area contributed by atoms with E-state index in [1.807, 2.05) is 0 Å². The van der Waals surface area contributed by atoms with Crippen LogP contribution in [0, 0.1) is 17.8 Å². The molecule has 4 aliphatic rings. The number of carboxylic acid groups (broad SMARTS) is 1. The predicted molar refractivity (Wildman–Crippen MR) is 156 cm³/mol. The Labute approximate surface area is 258 Å². The molecule has 1 N–H and O–H groups in total. The van der Waals surface area contributed by atoms with Gasteiger partial charge in [-0.3, -0.25) is 19.1 Å². The average Bonchev–Trinajstić information content (AvgIpc) is 3.39. The topological polar surface area (TPSA) is 92.5 Å². The van der Waals surface area contributed by atoms with Gasteiger partial charge in [-0.2, -0.15) is 18.3 Å². The van der Waals surface area contributed by atoms with Crippen molar-refractivity contribution in [3.63, 3.8) is 0 Å². The Morgan fingerprint density at radius 3 is 2.02 bits per heavy atom. The maximum absolute atomic E-state index is 14.8.